The van der Waals surface area contributed by atoms with E-state index in [0.717, 1.165) is 11.6 Å². The molecule has 0 saturated heterocycles. The molecule has 7 heteroatoms. The van der Waals surface area contributed by atoms with Crippen molar-refractivity contribution in [1.82, 2.24) is 9.78 Å². The third-order valence-electron chi connectivity index (χ3n) is 3.27. The summed E-state index contributed by atoms with van der Waals surface area (Å²) < 4.78 is 69.9. The summed E-state index contributed by atoms with van der Waals surface area (Å²) in [4.78, 5) is 0. The van der Waals surface area contributed by atoms with Crippen LogP contribution in [0.3, 0.4) is 0 Å². The highest BCUT2D eigenvalue weighted by molar-refractivity contribution is 5.37. The van der Waals surface area contributed by atoms with Crippen molar-refractivity contribution < 1.29 is 22.0 Å². The minimum Gasteiger partial charge on any atom is -0.260 e. The quantitative estimate of drug-likeness (QED) is 0.732. The second kappa shape index (κ2) is 4.18. The van der Waals surface area contributed by atoms with Gasteiger partial charge in [0.05, 0.1) is 5.56 Å². The monoisotopic (exact) mass is 282 g/mol. The number of alkyl halides is 5. The van der Waals surface area contributed by atoms with Crippen LogP contribution in [0.2, 0.25) is 0 Å². The van der Waals surface area contributed by atoms with Crippen molar-refractivity contribution in [2.45, 2.75) is 57.7 Å². The van der Waals surface area contributed by atoms with Crippen molar-refractivity contribution in [3.05, 3.63) is 17.0 Å². The molecule has 0 aliphatic heterocycles. The summed E-state index contributed by atoms with van der Waals surface area (Å²) in [5.41, 5.74) is -2.33. The van der Waals surface area contributed by atoms with Gasteiger partial charge in [-0.15, -0.1) is 0 Å². The summed E-state index contributed by atoms with van der Waals surface area (Å²) in [6.07, 6.45) is -3.75. The van der Waals surface area contributed by atoms with E-state index in [9.17, 15) is 22.0 Å². The molecule has 1 unspecified atom stereocenters. The molecule has 1 atom stereocenters. The van der Waals surface area contributed by atoms with Crippen LogP contribution in [0.4, 0.5) is 22.0 Å². The van der Waals surface area contributed by atoms with Crippen LogP contribution < -0.4 is 0 Å². The van der Waals surface area contributed by atoms with Crippen LogP contribution in [0.5, 0.6) is 0 Å². The van der Waals surface area contributed by atoms with Gasteiger partial charge >= 0.3 is 0 Å². The van der Waals surface area contributed by atoms with E-state index in [0.29, 0.717) is 0 Å². The molecule has 2 nitrogen and oxygen atoms in total. The van der Waals surface area contributed by atoms with E-state index in [4.69, 9.17) is 0 Å². The van der Waals surface area contributed by atoms with Crippen molar-refractivity contribution in [2.24, 2.45) is 0 Å². The Labute approximate surface area is 107 Å². The second-order valence-corrected chi connectivity index (χ2v) is 5.17. The number of halogens is 5. The first-order valence-electron chi connectivity index (χ1n) is 6.11. The summed E-state index contributed by atoms with van der Waals surface area (Å²) in [6, 6.07) is -0.541. The number of rotatable bonds is 2. The fraction of sp³-hybridized carbons (Fsp3) is 0.750. The minimum absolute atomic E-state index is 0.541. The molecular weight excluding hydrogens is 267 g/mol. The predicted octanol–water partition coefficient (Wildman–Crippen LogP) is 4.47. The molecule has 1 heterocycles. The van der Waals surface area contributed by atoms with Gasteiger partial charge in [-0.25, -0.2) is 13.2 Å². The maximum absolute atomic E-state index is 13.9. The summed E-state index contributed by atoms with van der Waals surface area (Å²) >= 11 is 0. The number of fused-ring (bicyclic) bond motifs is 1. The summed E-state index contributed by atoms with van der Waals surface area (Å²) in [7, 11) is 0. The highest BCUT2D eigenvalue weighted by Gasteiger charge is 2.54. The van der Waals surface area contributed by atoms with E-state index >= 15 is 0 Å². The Hall–Kier alpha value is -1.14. The first kappa shape index (κ1) is 14.3. The standard InChI is InChI=1S/C12H15F5N2/c1-6(2)19-10-8(9(18-19)7(3)13)11(14,15)4-5-12(10,16)17/h6-7H,4-5H2,1-3H3. The predicted molar refractivity (Wildman–Crippen MR) is 59.2 cm³/mol. The Bertz CT molecular complexity index is 448. The van der Waals surface area contributed by atoms with Gasteiger partial charge in [0.1, 0.15) is 17.6 Å². The van der Waals surface area contributed by atoms with Gasteiger partial charge < -0.3 is 0 Å². The molecule has 0 amide bonds. The van der Waals surface area contributed by atoms with Crippen molar-refractivity contribution in [3.63, 3.8) is 0 Å². The average Bonchev–Trinajstić information content (AvgIpc) is 2.67. The summed E-state index contributed by atoms with van der Waals surface area (Å²) in [5, 5.41) is 3.66. The van der Waals surface area contributed by atoms with Gasteiger partial charge in [0.15, 0.2) is 0 Å². The molecule has 0 N–H and O–H groups in total. The van der Waals surface area contributed by atoms with Gasteiger partial charge in [0.25, 0.3) is 11.8 Å². The van der Waals surface area contributed by atoms with Gasteiger partial charge in [-0.05, 0) is 20.8 Å². The van der Waals surface area contributed by atoms with Gasteiger partial charge in [0, 0.05) is 18.9 Å². The van der Waals surface area contributed by atoms with E-state index in [1.54, 1.807) is 13.8 Å². The van der Waals surface area contributed by atoms with Gasteiger partial charge in [-0.3, -0.25) is 4.68 Å². The van der Waals surface area contributed by atoms with Gasteiger partial charge in [-0.2, -0.15) is 13.9 Å². The Morgan fingerprint density at radius 1 is 1.05 bits per heavy atom. The largest absolute Gasteiger partial charge is 0.290 e. The molecule has 1 aromatic rings. The lowest BCUT2D eigenvalue weighted by Crippen LogP contribution is -2.33. The Balaban J connectivity index is 2.78. The lowest BCUT2D eigenvalue weighted by molar-refractivity contribution is -0.101. The third-order valence-corrected chi connectivity index (χ3v) is 3.27. The fourth-order valence-corrected chi connectivity index (χ4v) is 2.37. The molecule has 2 rings (SSSR count). The van der Waals surface area contributed by atoms with Crippen LogP contribution in [0.1, 0.15) is 62.8 Å². The van der Waals surface area contributed by atoms with Crippen molar-refractivity contribution in [2.75, 3.05) is 0 Å². The van der Waals surface area contributed by atoms with Gasteiger partial charge in [0.2, 0.25) is 0 Å². The Morgan fingerprint density at radius 3 is 2.05 bits per heavy atom. The van der Waals surface area contributed by atoms with E-state index < -0.39 is 53.9 Å². The van der Waals surface area contributed by atoms with Crippen LogP contribution in [-0.2, 0) is 11.8 Å². The average molecular weight is 282 g/mol. The highest BCUT2D eigenvalue weighted by atomic mass is 19.3. The van der Waals surface area contributed by atoms with E-state index in [2.05, 4.69) is 5.10 Å². The zero-order chi connectivity index (χ0) is 14.6. The third kappa shape index (κ3) is 2.12. The summed E-state index contributed by atoms with van der Waals surface area (Å²) in [6.45, 7) is 4.11. The molecule has 0 bridgehead atoms. The lowest BCUT2D eigenvalue weighted by Gasteiger charge is -2.30. The van der Waals surface area contributed by atoms with Gasteiger partial charge in [-0.1, -0.05) is 0 Å². The lowest BCUT2D eigenvalue weighted by atomic mass is 9.88. The molecule has 0 aromatic carbocycles. The Kier molecular flexibility index (Phi) is 3.14. The fourth-order valence-electron chi connectivity index (χ4n) is 2.37. The molecule has 1 aliphatic rings. The molecular formula is C12H15F5N2. The van der Waals surface area contributed by atoms with Crippen molar-refractivity contribution >= 4 is 0 Å². The molecule has 0 fully saturated rings. The molecule has 1 aliphatic carbocycles. The van der Waals surface area contributed by atoms with Crippen LogP contribution in [0.25, 0.3) is 0 Å². The molecule has 0 saturated carbocycles. The molecule has 0 radical (unpaired) electrons. The molecule has 1 aromatic heterocycles. The molecule has 0 spiro atoms. The second-order valence-electron chi connectivity index (χ2n) is 5.17. The molecule has 19 heavy (non-hydrogen) atoms. The topological polar surface area (TPSA) is 17.8 Å². The number of aromatic nitrogens is 2. The normalized spacial score (nSPS) is 22.4. The first-order chi connectivity index (χ1) is 8.58. The van der Waals surface area contributed by atoms with Crippen LogP contribution in [-0.4, -0.2) is 9.78 Å². The zero-order valence-corrected chi connectivity index (χ0v) is 10.9. The first-order valence-corrected chi connectivity index (χ1v) is 6.11. The van der Waals surface area contributed by atoms with E-state index in [-0.39, 0.29) is 0 Å². The van der Waals surface area contributed by atoms with E-state index in [1.807, 2.05) is 0 Å². The van der Waals surface area contributed by atoms with E-state index in [1.165, 1.54) is 0 Å². The SMILES string of the molecule is CC(F)c1nn(C(C)C)c2c1C(F)(F)CCC2(F)F. The molecule has 108 valence electrons. The smallest absolute Gasteiger partial charge is 0.260 e. The van der Waals surface area contributed by atoms with Crippen molar-refractivity contribution in [1.29, 1.82) is 0 Å². The highest BCUT2D eigenvalue weighted by Crippen LogP contribution is 2.52. The summed E-state index contributed by atoms with van der Waals surface area (Å²) in [5.74, 6) is -6.86. The number of nitrogens with zero attached hydrogens (tertiary/aromatic N) is 2. The number of hydrogen-bond donors (Lipinski definition) is 0. The van der Waals surface area contributed by atoms with Crippen LogP contribution >= 0.6 is 0 Å². The maximum Gasteiger partial charge on any atom is 0.290 e. The maximum atomic E-state index is 13.9. The van der Waals surface area contributed by atoms with Crippen LogP contribution in [0, 0.1) is 0 Å². The van der Waals surface area contributed by atoms with Crippen molar-refractivity contribution in [3.8, 4) is 0 Å². The zero-order valence-electron chi connectivity index (χ0n) is 10.9. The van der Waals surface area contributed by atoms with Crippen LogP contribution in [0.15, 0.2) is 0 Å². The minimum atomic E-state index is -3.46. The number of hydrogen-bond acceptors (Lipinski definition) is 1. The Morgan fingerprint density at radius 2 is 1.58 bits per heavy atom.